The summed E-state index contributed by atoms with van der Waals surface area (Å²) in [7, 11) is 1.69. The molecule has 2 bridgehead atoms. The molecule has 5 heteroatoms. The van der Waals surface area contributed by atoms with E-state index in [4.69, 9.17) is 14.1 Å². The van der Waals surface area contributed by atoms with Crippen molar-refractivity contribution in [2.45, 2.75) is 31.3 Å². The predicted molar refractivity (Wildman–Crippen MR) is 135 cm³/mol. The van der Waals surface area contributed by atoms with Gasteiger partial charge in [0.25, 0.3) is 0 Å². The molecule has 4 atom stereocenters. The van der Waals surface area contributed by atoms with Crippen molar-refractivity contribution in [3.8, 4) is 5.75 Å². The van der Waals surface area contributed by atoms with Crippen molar-refractivity contribution in [1.82, 2.24) is 9.88 Å². The Morgan fingerprint density at radius 3 is 2.44 bits per heavy atom. The third kappa shape index (κ3) is 3.70. The van der Waals surface area contributed by atoms with Gasteiger partial charge in [-0.05, 0) is 36.1 Å². The van der Waals surface area contributed by atoms with Crippen LogP contribution in [0.15, 0.2) is 82.2 Å². The third-order valence-electron chi connectivity index (χ3n) is 7.40. The SMILES string of the molecule is COc1cc2oc(C)nc2cc1C=NC1C2CCN(C2)C1C(c1ccccc1)c1ccccc1. The van der Waals surface area contributed by atoms with Crippen LogP contribution in [-0.4, -0.2) is 48.4 Å². The Balaban J connectivity index is 1.40. The molecule has 2 fully saturated rings. The smallest absolute Gasteiger partial charge is 0.192 e. The molecule has 0 N–H and O–H groups in total. The minimum atomic E-state index is 0.221. The molecule has 6 rings (SSSR count). The van der Waals surface area contributed by atoms with Gasteiger partial charge in [0, 0.05) is 43.3 Å². The fourth-order valence-electron chi connectivity index (χ4n) is 5.92. The number of oxazole rings is 1. The van der Waals surface area contributed by atoms with Crippen LogP contribution in [0.4, 0.5) is 0 Å². The summed E-state index contributed by atoms with van der Waals surface area (Å²) < 4.78 is 11.4. The molecule has 2 aliphatic heterocycles. The lowest BCUT2D eigenvalue weighted by atomic mass is 9.78. The topological polar surface area (TPSA) is 50.9 Å². The van der Waals surface area contributed by atoms with E-state index in [9.17, 15) is 0 Å². The largest absolute Gasteiger partial charge is 0.496 e. The van der Waals surface area contributed by atoms with Crippen LogP contribution >= 0.6 is 0 Å². The normalized spacial score (nSPS) is 24.0. The zero-order chi connectivity index (χ0) is 23.1. The minimum Gasteiger partial charge on any atom is -0.496 e. The van der Waals surface area contributed by atoms with Gasteiger partial charge in [0.05, 0.1) is 13.2 Å². The lowest BCUT2D eigenvalue weighted by molar-refractivity contribution is 0.221. The monoisotopic (exact) mass is 451 g/mol. The van der Waals surface area contributed by atoms with Crippen LogP contribution in [0, 0.1) is 12.8 Å². The number of aromatic nitrogens is 1. The number of hydrogen-bond donors (Lipinski definition) is 0. The molecular weight excluding hydrogens is 422 g/mol. The van der Waals surface area contributed by atoms with Gasteiger partial charge in [0.1, 0.15) is 11.3 Å². The molecule has 1 aromatic heterocycles. The van der Waals surface area contributed by atoms with Gasteiger partial charge >= 0.3 is 0 Å². The first-order valence-electron chi connectivity index (χ1n) is 12.0. The van der Waals surface area contributed by atoms with Gasteiger partial charge in [0.2, 0.25) is 0 Å². The Kier molecular flexibility index (Phi) is 5.42. The number of methoxy groups -OCH3 is 1. The molecule has 0 aliphatic carbocycles. The summed E-state index contributed by atoms with van der Waals surface area (Å²) in [6, 6.07) is 26.3. The molecule has 2 saturated heterocycles. The second kappa shape index (κ2) is 8.73. The van der Waals surface area contributed by atoms with Gasteiger partial charge in [-0.2, -0.15) is 0 Å². The van der Waals surface area contributed by atoms with E-state index in [1.54, 1.807) is 7.11 Å². The first kappa shape index (κ1) is 21.1. The highest BCUT2D eigenvalue weighted by Gasteiger charge is 2.49. The van der Waals surface area contributed by atoms with Gasteiger partial charge in [-0.3, -0.25) is 9.89 Å². The molecule has 0 spiro atoms. The highest BCUT2D eigenvalue weighted by Crippen LogP contribution is 2.44. The van der Waals surface area contributed by atoms with E-state index in [0.29, 0.717) is 17.9 Å². The molecule has 0 amide bonds. The van der Waals surface area contributed by atoms with Crippen LogP contribution in [0.3, 0.4) is 0 Å². The molecule has 0 radical (unpaired) electrons. The number of aliphatic imine (C=N–C) groups is 1. The predicted octanol–water partition coefficient (Wildman–Crippen LogP) is 5.47. The molecule has 3 heterocycles. The molecule has 3 aromatic carbocycles. The third-order valence-corrected chi connectivity index (χ3v) is 7.40. The van der Waals surface area contributed by atoms with Crippen LogP contribution in [0.2, 0.25) is 0 Å². The summed E-state index contributed by atoms with van der Waals surface area (Å²) in [5.74, 6) is 2.26. The highest BCUT2D eigenvalue weighted by atomic mass is 16.5. The summed E-state index contributed by atoms with van der Waals surface area (Å²) in [4.78, 5) is 12.4. The Morgan fingerprint density at radius 2 is 1.76 bits per heavy atom. The van der Waals surface area contributed by atoms with Crippen molar-refractivity contribution in [2.75, 3.05) is 20.2 Å². The highest BCUT2D eigenvalue weighted by molar-refractivity contribution is 5.90. The Morgan fingerprint density at radius 1 is 1.06 bits per heavy atom. The molecule has 4 unspecified atom stereocenters. The summed E-state index contributed by atoms with van der Waals surface area (Å²) in [6.07, 6.45) is 3.20. The molecule has 34 heavy (non-hydrogen) atoms. The fourth-order valence-corrected chi connectivity index (χ4v) is 5.92. The standard InChI is InChI=1S/C29H29N3O2/c1-19-31-24-15-23(25(33-2)16-26(24)34-19)17-30-28-22-13-14-32(18-22)29(28)27(20-9-5-3-6-10-20)21-11-7-4-8-12-21/h3-12,15-17,22,27-29H,13-14,18H2,1-2H3. The number of rotatable bonds is 6. The number of piperidine rings is 1. The molecule has 4 aromatic rings. The number of ether oxygens (including phenoxy) is 1. The van der Waals surface area contributed by atoms with Crippen LogP contribution in [0.5, 0.6) is 5.75 Å². The first-order chi connectivity index (χ1) is 16.7. The van der Waals surface area contributed by atoms with E-state index in [0.717, 1.165) is 35.5 Å². The van der Waals surface area contributed by atoms with E-state index < -0.39 is 0 Å². The van der Waals surface area contributed by atoms with Crippen LogP contribution < -0.4 is 4.74 Å². The van der Waals surface area contributed by atoms with E-state index in [1.165, 1.54) is 17.5 Å². The number of aryl methyl sites for hydroxylation is 1. The Bertz CT molecular complexity index is 1280. The lowest BCUT2D eigenvalue weighted by Crippen LogP contribution is -2.43. The van der Waals surface area contributed by atoms with E-state index >= 15 is 0 Å². The first-order valence-corrected chi connectivity index (χ1v) is 12.0. The van der Waals surface area contributed by atoms with Gasteiger partial charge in [0.15, 0.2) is 11.5 Å². The average Bonchev–Trinajstić information content (AvgIpc) is 3.58. The molecule has 2 aliphatic rings. The maximum atomic E-state index is 5.69. The van der Waals surface area contributed by atoms with Crippen molar-refractivity contribution in [2.24, 2.45) is 10.9 Å². The summed E-state index contributed by atoms with van der Waals surface area (Å²) in [5.41, 5.74) is 5.21. The molecule has 5 nitrogen and oxygen atoms in total. The minimum absolute atomic E-state index is 0.221. The molecule has 172 valence electrons. The zero-order valence-corrected chi connectivity index (χ0v) is 19.6. The van der Waals surface area contributed by atoms with E-state index in [2.05, 4.69) is 70.5 Å². The van der Waals surface area contributed by atoms with Gasteiger partial charge in [-0.15, -0.1) is 0 Å². The van der Waals surface area contributed by atoms with Crippen molar-refractivity contribution in [3.05, 3.63) is 95.4 Å². The second-order valence-corrected chi connectivity index (χ2v) is 9.40. The van der Waals surface area contributed by atoms with Crippen molar-refractivity contribution < 1.29 is 9.15 Å². The van der Waals surface area contributed by atoms with Gasteiger partial charge < -0.3 is 9.15 Å². The average molecular weight is 452 g/mol. The second-order valence-electron chi connectivity index (χ2n) is 9.40. The Hall–Kier alpha value is -3.44. The van der Waals surface area contributed by atoms with E-state index in [1.807, 2.05) is 25.3 Å². The fraction of sp³-hybridized carbons (Fsp3) is 0.310. The summed E-state index contributed by atoms with van der Waals surface area (Å²) >= 11 is 0. The van der Waals surface area contributed by atoms with Crippen LogP contribution in [-0.2, 0) is 0 Å². The lowest BCUT2D eigenvalue weighted by Gasteiger charge is -2.37. The van der Waals surface area contributed by atoms with Crippen molar-refractivity contribution >= 4 is 17.3 Å². The zero-order valence-electron chi connectivity index (χ0n) is 19.6. The maximum absolute atomic E-state index is 5.69. The molecule has 0 saturated carbocycles. The number of fused-ring (bicyclic) bond motifs is 3. The van der Waals surface area contributed by atoms with Crippen molar-refractivity contribution in [1.29, 1.82) is 0 Å². The Labute approximate surface area is 200 Å². The van der Waals surface area contributed by atoms with E-state index in [-0.39, 0.29) is 12.0 Å². The molecular formula is C29H29N3O2. The number of hydrogen-bond acceptors (Lipinski definition) is 5. The maximum Gasteiger partial charge on any atom is 0.192 e. The van der Waals surface area contributed by atoms with Gasteiger partial charge in [-0.1, -0.05) is 60.7 Å². The summed E-state index contributed by atoms with van der Waals surface area (Å²) in [5, 5.41) is 0. The van der Waals surface area contributed by atoms with Crippen molar-refractivity contribution in [3.63, 3.8) is 0 Å². The van der Waals surface area contributed by atoms with Gasteiger partial charge in [-0.25, -0.2) is 4.98 Å². The number of nitrogens with zero attached hydrogens (tertiary/aromatic N) is 3. The quantitative estimate of drug-likeness (QED) is 0.365. The summed E-state index contributed by atoms with van der Waals surface area (Å²) in [6.45, 7) is 4.12. The van der Waals surface area contributed by atoms with Crippen LogP contribution in [0.1, 0.15) is 34.9 Å². The van der Waals surface area contributed by atoms with Crippen LogP contribution in [0.25, 0.3) is 11.1 Å². The number of benzene rings is 3.